The summed E-state index contributed by atoms with van der Waals surface area (Å²) in [5, 5.41) is 12.1. The Morgan fingerprint density at radius 2 is 1.88 bits per heavy atom. The molecule has 24 heavy (non-hydrogen) atoms. The Kier molecular flexibility index (Phi) is 6.00. The van der Waals surface area contributed by atoms with Gasteiger partial charge in [0.05, 0.1) is 6.61 Å². The number of likely N-dealkylation sites (N-methyl/N-ethyl adjacent to an activating group) is 1. The molecule has 1 heterocycles. The first kappa shape index (κ1) is 18.0. The molecule has 0 saturated carbocycles. The van der Waals surface area contributed by atoms with E-state index in [0.717, 1.165) is 5.69 Å². The van der Waals surface area contributed by atoms with Crippen LogP contribution in [-0.4, -0.2) is 50.3 Å². The molecule has 0 spiro atoms. The summed E-state index contributed by atoms with van der Waals surface area (Å²) < 4.78 is 0. The van der Waals surface area contributed by atoms with Gasteiger partial charge in [0.15, 0.2) is 0 Å². The third kappa shape index (κ3) is 4.59. The fraction of sp³-hybridized carbons (Fsp3) is 0.294. The molecule has 2 aromatic rings. The molecular formula is C17H21ClN4O2. The first-order valence-corrected chi connectivity index (χ1v) is 7.87. The van der Waals surface area contributed by atoms with Crippen LogP contribution < -0.4 is 15.1 Å². The van der Waals surface area contributed by atoms with Crippen molar-refractivity contribution in [2.75, 3.05) is 49.4 Å². The van der Waals surface area contributed by atoms with E-state index in [2.05, 4.69) is 10.3 Å². The molecule has 1 aromatic carbocycles. The summed E-state index contributed by atoms with van der Waals surface area (Å²) in [6.07, 6.45) is 0. The van der Waals surface area contributed by atoms with Crippen LogP contribution in [0.2, 0.25) is 5.15 Å². The number of nitrogens with zero attached hydrogens (tertiary/aromatic N) is 3. The molecule has 0 atom stereocenters. The van der Waals surface area contributed by atoms with Crippen molar-refractivity contribution < 1.29 is 9.90 Å². The number of hydrogen-bond acceptors (Lipinski definition) is 5. The highest BCUT2D eigenvalue weighted by Crippen LogP contribution is 2.20. The monoisotopic (exact) mass is 348 g/mol. The molecule has 1 aromatic heterocycles. The Morgan fingerprint density at radius 3 is 2.46 bits per heavy atom. The van der Waals surface area contributed by atoms with Crippen molar-refractivity contribution in [1.82, 2.24) is 4.98 Å². The van der Waals surface area contributed by atoms with E-state index >= 15 is 0 Å². The molecule has 0 aliphatic carbocycles. The molecule has 0 saturated heterocycles. The summed E-state index contributed by atoms with van der Waals surface area (Å²) in [6.45, 7) is 0.639. The lowest BCUT2D eigenvalue weighted by molar-refractivity contribution is 0.102. The van der Waals surface area contributed by atoms with Crippen molar-refractivity contribution in [1.29, 1.82) is 0 Å². The number of hydrogen-bond donors (Lipinski definition) is 2. The Hall–Kier alpha value is -2.31. The van der Waals surface area contributed by atoms with Gasteiger partial charge in [-0.3, -0.25) is 4.79 Å². The van der Waals surface area contributed by atoms with E-state index in [4.69, 9.17) is 16.7 Å². The lowest BCUT2D eigenvalue weighted by Crippen LogP contribution is -2.21. The van der Waals surface area contributed by atoms with Crippen LogP contribution >= 0.6 is 11.6 Å². The van der Waals surface area contributed by atoms with E-state index in [0.29, 0.717) is 23.6 Å². The second kappa shape index (κ2) is 7.99. The third-order valence-corrected chi connectivity index (χ3v) is 3.70. The smallest absolute Gasteiger partial charge is 0.255 e. The number of carbonyl (C=O) groups is 1. The Balaban J connectivity index is 2.12. The van der Waals surface area contributed by atoms with E-state index < -0.39 is 0 Å². The van der Waals surface area contributed by atoms with Crippen LogP contribution in [0, 0.1) is 0 Å². The minimum Gasteiger partial charge on any atom is -0.395 e. The fourth-order valence-corrected chi connectivity index (χ4v) is 2.33. The van der Waals surface area contributed by atoms with Crippen LogP contribution in [0.3, 0.4) is 0 Å². The molecule has 0 fully saturated rings. The topological polar surface area (TPSA) is 68.7 Å². The van der Waals surface area contributed by atoms with Gasteiger partial charge >= 0.3 is 0 Å². The standard InChI is InChI=1S/C17H21ClN4O2/c1-21(2)16-11-12(10-15(18)20-16)17(24)19-13-4-6-14(7-5-13)22(3)8-9-23/h4-7,10-11,23H,8-9H2,1-3H3,(H,19,24). The molecule has 0 unspecified atom stereocenters. The van der Waals surface area contributed by atoms with Crippen LogP contribution in [-0.2, 0) is 0 Å². The molecule has 6 nitrogen and oxygen atoms in total. The Labute approximate surface area is 146 Å². The summed E-state index contributed by atoms with van der Waals surface area (Å²) in [6, 6.07) is 10.6. The van der Waals surface area contributed by atoms with Gasteiger partial charge in [0.2, 0.25) is 0 Å². The van der Waals surface area contributed by atoms with Gasteiger partial charge < -0.3 is 20.2 Å². The number of aliphatic hydroxyl groups is 1. The van der Waals surface area contributed by atoms with Crippen LogP contribution in [0.15, 0.2) is 36.4 Å². The first-order chi connectivity index (χ1) is 11.4. The number of aliphatic hydroxyl groups excluding tert-OH is 1. The van der Waals surface area contributed by atoms with Crippen molar-refractivity contribution in [3.8, 4) is 0 Å². The lowest BCUT2D eigenvalue weighted by Gasteiger charge is -2.18. The number of rotatable bonds is 6. The highest BCUT2D eigenvalue weighted by Gasteiger charge is 2.11. The number of nitrogens with one attached hydrogen (secondary N) is 1. The normalized spacial score (nSPS) is 10.4. The van der Waals surface area contributed by atoms with Crippen molar-refractivity contribution >= 4 is 34.7 Å². The minimum absolute atomic E-state index is 0.0893. The average molecular weight is 349 g/mol. The zero-order valence-electron chi connectivity index (χ0n) is 14.0. The second-order valence-corrected chi connectivity index (χ2v) is 5.96. The van der Waals surface area contributed by atoms with Crippen molar-refractivity contribution in [3.63, 3.8) is 0 Å². The van der Waals surface area contributed by atoms with Crippen molar-refractivity contribution in [2.24, 2.45) is 0 Å². The van der Waals surface area contributed by atoms with Gasteiger partial charge in [0.1, 0.15) is 11.0 Å². The summed E-state index contributed by atoms with van der Waals surface area (Å²) in [7, 11) is 5.56. The van der Waals surface area contributed by atoms with Gasteiger partial charge in [0, 0.05) is 44.6 Å². The SMILES string of the molecule is CN(C)c1cc(C(=O)Nc2ccc(N(C)CCO)cc2)cc(Cl)n1. The Bertz CT molecular complexity index is 704. The molecule has 0 radical (unpaired) electrons. The summed E-state index contributed by atoms with van der Waals surface area (Å²) in [5.41, 5.74) is 2.09. The van der Waals surface area contributed by atoms with E-state index in [-0.39, 0.29) is 17.7 Å². The molecule has 0 aliphatic rings. The molecular weight excluding hydrogens is 328 g/mol. The number of pyridine rings is 1. The maximum atomic E-state index is 12.4. The largest absolute Gasteiger partial charge is 0.395 e. The quantitative estimate of drug-likeness (QED) is 0.785. The molecule has 2 rings (SSSR count). The predicted molar refractivity (Wildman–Crippen MR) is 98.3 cm³/mol. The molecule has 7 heteroatoms. The minimum atomic E-state index is -0.251. The summed E-state index contributed by atoms with van der Waals surface area (Å²) in [5.74, 6) is 0.368. The zero-order valence-corrected chi connectivity index (χ0v) is 14.7. The van der Waals surface area contributed by atoms with E-state index in [1.54, 1.807) is 11.0 Å². The van der Waals surface area contributed by atoms with Gasteiger partial charge in [-0.05, 0) is 36.4 Å². The third-order valence-electron chi connectivity index (χ3n) is 3.50. The van der Waals surface area contributed by atoms with E-state index in [1.807, 2.05) is 50.3 Å². The number of anilines is 3. The van der Waals surface area contributed by atoms with Crippen LogP contribution in [0.4, 0.5) is 17.2 Å². The van der Waals surface area contributed by atoms with E-state index in [9.17, 15) is 4.79 Å². The van der Waals surface area contributed by atoms with Crippen LogP contribution in [0.25, 0.3) is 0 Å². The molecule has 1 amide bonds. The maximum Gasteiger partial charge on any atom is 0.255 e. The van der Waals surface area contributed by atoms with E-state index in [1.165, 1.54) is 6.07 Å². The van der Waals surface area contributed by atoms with Crippen molar-refractivity contribution in [3.05, 3.63) is 47.1 Å². The number of aromatic nitrogens is 1. The van der Waals surface area contributed by atoms with Gasteiger partial charge in [-0.1, -0.05) is 11.6 Å². The lowest BCUT2D eigenvalue weighted by atomic mass is 10.2. The summed E-state index contributed by atoms with van der Waals surface area (Å²) in [4.78, 5) is 20.3. The number of benzene rings is 1. The van der Waals surface area contributed by atoms with Gasteiger partial charge in [-0.2, -0.15) is 0 Å². The average Bonchev–Trinajstić information content (AvgIpc) is 2.55. The predicted octanol–water partition coefficient (Wildman–Crippen LogP) is 2.48. The number of amides is 1. The number of carbonyl (C=O) groups excluding carboxylic acids is 1. The second-order valence-electron chi connectivity index (χ2n) is 5.58. The molecule has 0 bridgehead atoms. The van der Waals surface area contributed by atoms with Gasteiger partial charge in [-0.25, -0.2) is 4.98 Å². The Morgan fingerprint density at radius 1 is 1.21 bits per heavy atom. The molecule has 2 N–H and O–H groups in total. The fourth-order valence-electron chi connectivity index (χ4n) is 2.12. The number of halogens is 1. The van der Waals surface area contributed by atoms with Crippen LogP contribution in [0.1, 0.15) is 10.4 Å². The first-order valence-electron chi connectivity index (χ1n) is 7.49. The summed E-state index contributed by atoms with van der Waals surface area (Å²) >= 11 is 5.98. The maximum absolute atomic E-state index is 12.4. The van der Waals surface area contributed by atoms with Gasteiger partial charge in [-0.15, -0.1) is 0 Å². The highest BCUT2D eigenvalue weighted by molar-refractivity contribution is 6.30. The van der Waals surface area contributed by atoms with Crippen LogP contribution in [0.5, 0.6) is 0 Å². The highest BCUT2D eigenvalue weighted by atomic mass is 35.5. The van der Waals surface area contributed by atoms with Gasteiger partial charge in [0.25, 0.3) is 5.91 Å². The van der Waals surface area contributed by atoms with Crippen molar-refractivity contribution in [2.45, 2.75) is 0 Å². The molecule has 128 valence electrons. The molecule has 0 aliphatic heterocycles. The zero-order chi connectivity index (χ0) is 17.7.